The molecule has 2 aromatic rings. The molecule has 3 aliphatic rings. The number of anilines is 1. The van der Waals surface area contributed by atoms with Crippen LogP contribution in [-0.2, 0) is 33.8 Å². The van der Waals surface area contributed by atoms with Crippen LogP contribution in [0.5, 0.6) is 0 Å². The van der Waals surface area contributed by atoms with Crippen LogP contribution in [0, 0.1) is 5.92 Å². The van der Waals surface area contributed by atoms with E-state index < -0.39 is 0 Å². The molecule has 0 radical (unpaired) electrons. The van der Waals surface area contributed by atoms with E-state index in [-0.39, 0.29) is 12.0 Å². The highest BCUT2D eigenvalue weighted by atomic mass is 16.5. The molecule has 1 amide bonds. The van der Waals surface area contributed by atoms with E-state index in [4.69, 9.17) is 9.47 Å². The molecule has 1 atom stereocenters. The Hall–Kier alpha value is -2.48. The van der Waals surface area contributed by atoms with Crippen molar-refractivity contribution in [1.29, 1.82) is 0 Å². The Morgan fingerprint density at radius 3 is 2.86 bits per heavy atom. The van der Waals surface area contributed by atoms with Crippen molar-refractivity contribution in [2.75, 3.05) is 57.9 Å². The van der Waals surface area contributed by atoms with Gasteiger partial charge in [0, 0.05) is 64.9 Å². The Kier molecular flexibility index (Phi) is 7.96. The predicted octanol–water partition coefficient (Wildman–Crippen LogP) is 3.12. The third-order valence-electron chi connectivity index (χ3n) is 7.51. The second kappa shape index (κ2) is 11.5. The predicted molar refractivity (Wildman–Crippen MR) is 136 cm³/mol. The summed E-state index contributed by atoms with van der Waals surface area (Å²) in [5.74, 6) is 0.714. The van der Waals surface area contributed by atoms with Crippen molar-refractivity contribution in [3.8, 4) is 0 Å². The van der Waals surface area contributed by atoms with Crippen LogP contribution in [0.4, 0.5) is 5.69 Å². The molecule has 35 heavy (non-hydrogen) atoms. The summed E-state index contributed by atoms with van der Waals surface area (Å²) >= 11 is 0. The maximum absolute atomic E-state index is 13.4. The summed E-state index contributed by atoms with van der Waals surface area (Å²) in [6, 6.07) is 12.7. The number of pyridine rings is 1. The van der Waals surface area contributed by atoms with Gasteiger partial charge in [0.2, 0.25) is 5.91 Å². The minimum atomic E-state index is -0.0490. The van der Waals surface area contributed by atoms with Gasteiger partial charge in [0.15, 0.2) is 0 Å². The standard InChI is InChI=1S/C28H38N4O3/c1-30-12-4-5-24-15-23(7-8-27(24)30)16-31-18-26(35-21-25-6-2-3-11-29-25)19-32(28(33)20-31)17-22-9-13-34-14-10-22/h2-3,6-8,11,15,22,26H,4-5,9-10,12-14,16-21H2,1H3/t26-/m0/s1. The van der Waals surface area contributed by atoms with Gasteiger partial charge in [0.25, 0.3) is 0 Å². The van der Waals surface area contributed by atoms with Crippen LogP contribution in [0.3, 0.4) is 0 Å². The molecular formula is C28H38N4O3. The molecule has 3 aliphatic heterocycles. The summed E-state index contributed by atoms with van der Waals surface area (Å²) in [6.45, 7) is 6.53. The normalized spacial score (nSPS) is 22.2. The van der Waals surface area contributed by atoms with Crippen molar-refractivity contribution in [3.05, 3.63) is 59.4 Å². The Morgan fingerprint density at radius 1 is 1.14 bits per heavy atom. The maximum atomic E-state index is 13.4. The minimum Gasteiger partial charge on any atom is -0.381 e. The van der Waals surface area contributed by atoms with Gasteiger partial charge >= 0.3 is 0 Å². The fourth-order valence-electron chi connectivity index (χ4n) is 5.57. The fourth-order valence-corrected chi connectivity index (χ4v) is 5.57. The number of hydrogen-bond acceptors (Lipinski definition) is 6. The lowest BCUT2D eigenvalue weighted by atomic mass is 9.99. The third kappa shape index (κ3) is 6.40. The molecule has 0 spiro atoms. The van der Waals surface area contributed by atoms with E-state index in [2.05, 4.69) is 40.0 Å². The van der Waals surface area contributed by atoms with Crippen molar-refractivity contribution in [1.82, 2.24) is 14.8 Å². The van der Waals surface area contributed by atoms with Crippen LogP contribution < -0.4 is 4.90 Å². The van der Waals surface area contributed by atoms with Crippen LogP contribution in [0.15, 0.2) is 42.6 Å². The van der Waals surface area contributed by atoms with Crippen LogP contribution >= 0.6 is 0 Å². The number of rotatable bonds is 7. The highest BCUT2D eigenvalue weighted by Crippen LogP contribution is 2.27. The van der Waals surface area contributed by atoms with E-state index in [1.807, 2.05) is 23.1 Å². The highest BCUT2D eigenvalue weighted by molar-refractivity contribution is 5.78. The van der Waals surface area contributed by atoms with Crippen LogP contribution in [-0.4, -0.2) is 79.8 Å². The Morgan fingerprint density at radius 2 is 2.03 bits per heavy atom. The molecule has 2 fully saturated rings. The first-order valence-corrected chi connectivity index (χ1v) is 13.1. The third-order valence-corrected chi connectivity index (χ3v) is 7.51. The smallest absolute Gasteiger partial charge is 0.236 e. The molecule has 188 valence electrons. The number of ether oxygens (including phenoxy) is 2. The zero-order valence-corrected chi connectivity index (χ0v) is 20.9. The number of benzene rings is 1. The molecule has 0 unspecified atom stereocenters. The topological polar surface area (TPSA) is 58.1 Å². The molecule has 1 aromatic carbocycles. The van der Waals surface area contributed by atoms with Crippen LogP contribution in [0.2, 0.25) is 0 Å². The second-order valence-corrected chi connectivity index (χ2v) is 10.3. The molecule has 0 bridgehead atoms. The number of amides is 1. The molecule has 7 nitrogen and oxygen atoms in total. The first-order chi connectivity index (χ1) is 17.1. The molecule has 0 aliphatic carbocycles. The molecule has 7 heteroatoms. The molecule has 0 N–H and O–H groups in total. The SMILES string of the molecule is CN1CCCc2cc(CN3CC(=O)N(CC4CCOCC4)C[C@@H](OCc4ccccn4)C3)ccc21. The number of carbonyl (C=O) groups is 1. The van der Waals surface area contributed by atoms with Gasteiger partial charge in [-0.25, -0.2) is 0 Å². The number of hydrogen-bond donors (Lipinski definition) is 0. The lowest BCUT2D eigenvalue weighted by Gasteiger charge is -2.30. The summed E-state index contributed by atoms with van der Waals surface area (Å²) in [4.78, 5) is 24.4. The number of nitrogens with zero attached hydrogens (tertiary/aromatic N) is 4. The van der Waals surface area contributed by atoms with Gasteiger partial charge in [-0.15, -0.1) is 0 Å². The summed E-state index contributed by atoms with van der Waals surface area (Å²) in [6.07, 6.45) is 6.12. The number of aryl methyl sites for hydroxylation is 1. The Bertz CT molecular complexity index is 979. The van der Waals surface area contributed by atoms with Gasteiger partial charge in [0.1, 0.15) is 0 Å². The van der Waals surface area contributed by atoms with Gasteiger partial charge in [-0.1, -0.05) is 18.2 Å². The van der Waals surface area contributed by atoms with Crippen LogP contribution in [0.25, 0.3) is 0 Å². The molecule has 1 aromatic heterocycles. The van der Waals surface area contributed by atoms with Gasteiger partial charge in [-0.3, -0.25) is 14.7 Å². The van der Waals surface area contributed by atoms with Crippen molar-refractivity contribution in [3.63, 3.8) is 0 Å². The van der Waals surface area contributed by atoms with E-state index in [0.717, 1.165) is 64.3 Å². The maximum Gasteiger partial charge on any atom is 0.236 e. The van der Waals surface area contributed by atoms with Gasteiger partial charge in [-0.2, -0.15) is 0 Å². The first-order valence-electron chi connectivity index (χ1n) is 13.1. The van der Waals surface area contributed by atoms with E-state index in [1.54, 1.807) is 6.20 Å². The minimum absolute atomic E-state index is 0.0490. The number of fused-ring (bicyclic) bond motifs is 1. The summed E-state index contributed by atoms with van der Waals surface area (Å²) in [5, 5.41) is 0. The Labute approximate surface area is 209 Å². The lowest BCUT2D eigenvalue weighted by Crippen LogP contribution is -2.42. The second-order valence-electron chi connectivity index (χ2n) is 10.3. The van der Waals surface area contributed by atoms with E-state index in [1.165, 1.54) is 23.2 Å². The van der Waals surface area contributed by atoms with Crippen molar-refractivity contribution >= 4 is 11.6 Å². The van der Waals surface area contributed by atoms with E-state index in [9.17, 15) is 4.79 Å². The Balaban J connectivity index is 1.29. The fraction of sp³-hybridized carbons (Fsp3) is 0.571. The van der Waals surface area contributed by atoms with Gasteiger partial charge in [-0.05, 0) is 60.9 Å². The zero-order valence-electron chi connectivity index (χ0n) is 20.9. The molecule has 4 heterocycles. The average Bonchev–Trinajstić information content (AvgIpc) is 3.02. The van der Waals surface area contributed by atoms with Crippen LogP contribution in [0.1, 0.15) is 36.1 Å². The van der Waals surface area contributed by atoms with E-state index >= 15 is 0 Å². The molecular weight excluding hydrogens is 440 g/mol. The summed E-state index contributed by atoms with van der Waals surface area (Å²) < 4.78 is 11.9. The number of aromatic nitrogens is 1. The largest absolute Gasteiger partial charge is 0.381 e. The first kappa shape index (κ1) is 24.2. The van der Waals surface area contributed by atoms with E-state index in [0.29, 0.717) is 25.6 Å². The number of carbonyl (C=O) groups excluding carboxylic acids is 1. The van der Waals surface area contributed by atoms with Crippen molar-refractivity contribution in [2.24, 2.45) is 5.92 Å². The zero-order chi connectivity index (χ0) is 24.0. The molecule has 5 rings (SSSR count). The molecule has 2 saturated heterocycles. The average molecular weight is 479 g/mol. The quantitative estimate of drug-likeness (QED) is 0.610. The lowest BCUT2D eigenvalue weighted by molar-refractivity contribution is -0.133. The molecule has 0 saturated carbocycles. The van der Waals surface area contributed by atoms with Gasteiger partial charge in [0.05, 0.1) is 24.9 Å². The summed E-state index contributed by atoms with van der Waals surface area (Å²) in [7, 11) is 2.17. The van der Waals surface area contributed by atoms with Gasteiger partial charge < -0.3 is 19.3 Å². The van der Waals surface area contributed by atoms with Crippen molar-refractivity contribution < 1.29 is 14.3 Å². The monoisotopic (exact) mass is 478 g/mol. The summed E-state index contributed by atoms with van der Waals surface area (Å²) in [5.41, 5.74) is 4.95. The highest BCUT2D eigenvalue weighted by Gasteiger charge is 2.30. The van der Waals surface area contributed by atoms with Crippen molar-refractivity contribution in [2.45, 2.75) is 44.9 Å².